The quantitative estimate of drug-likeness (QED) is 0.202. The van der Waals surface area contributed by atoms with E-state index in [9.17, 15) is 4.21 Å². The molecule has 0 atom stereocenters. The van der Waals surface area contributed by atoms with Gasteiger partial charge < -0.3 is 0 Å². The van der Waals surface area contributed by atoms with Gasteiger partial charge in [0.1, 0.15) is 8.67 Å². The van der Waals surface area contributed by atoms with Crippen molar-refractivity contribution in [3.63, 3.8) is 0 Å². The van der Waals surface area contributed by atoms with Crippen molar-refractivity contribution < 1.29 is 4.21 Å². The number of hydrogen-bond donors (Lipinski definition) is 0. The van der Waals surface area contributed by atoms with Gasteiger partial charge in [-0.05, 0) is 23.3 Å². The molecule has 6 heteroatoms. The summed E-state index contributed by atoms with van der Waals surface area (Å²) in [4.78, 5) is 1.06. The molecule has 0 N–H and O–H groups in total. The Hall–Kier alpha value is -1.81. The second kappa shape index (κ2) is 10.8. The maximum absolute atomic E-state index is 14.0. The number of benzene rings is 4. The first-order valence-electron chi connectivity index (χ1n) is 10.7. The van der Waals surface area contributed by atoms with Crippen LogP contribution in [-0.2, 0) is 32.3 Å². The second-order valence-corrected chi connectivity index (χ2v) is 12.4. The van der Waals surface area contributed by atoms with Crippen LogP contribution in [0, 0.1) is 0 Å². The smallest absolute Gasteiger partial charge is 0.148 e. The third-order valence-electron chi connectivity index (χ3n) is 5.50. The molecule has 4 rings (SSSR count). The number of hydrogen-bond acceptors (Lipinski definition) is 1. The molecule has 0 heterocycles. The largest absolute Gasteiger partial charge is 0.249 e. The van der Waals surface area contributed by atoms with Gasteiger partial charge in [0.25, 0.3) is 0 Å². The fourth-order valence-electron chi connectivity index (χ4n) is 3.87. The van der Waals surface area contributed by atoms with Crippen molar-refractivity contribution in [2.45, 2.75) is 31.3 Å². The highest BCUT2D eigenvalue weighted by molar-refractivity contribution is 7.85. The van der Waals surface area contributed by atoms with Gasteiger partial charge in [-0.15, -0.1) is 0 Å². The summed E-state index contributed by atoms with van der Waals surface area (Å²) in [6.07, 6.45) is 0.742. The van der Waals surface area contributed by atoms with Crippen molar-refractivity contribution in [2.75, 3.05) is 0 Å². The van der Waals surface area contributed by atoms with Gasteiger partial charge in [-0.25, -0.2) is 4.21 Å². The number of rotatable bonds is 8. The molecule has 4 aromatic rings. The Labute approximate surface area is 223 Å². The van der Waals surface area contributed by atoms with Crippen LogP contribution in [0.25, 0.3) is 0 Å². The molecule has 0 unspecified atom stereocenters. The molecule has 0 amide bonds. The minimum Gasteiger partial charge on any atom is -0.249 e. The molecule has 0 saturated heterocycles. The normalized spacial score (nSPS) is 12.1. The lowest BCUT2D eigenvalue weighted by atomic mass is 10.0. The van der Waals surface area contributed by atoms with Gasteiger partial charge in [-0.1, -0.05) is 143 Å². The predicted molar refractivity (Wildman–Crippen MR) is 145 cm³/mol. The van der Waals surface area contributed by atoms with E-state index in [1.807, 2.05) is 97.1 Å². The highest BCUT2D eigenvalue weighted by Gasteiger charge is 2.35. The van der Waals surface area contributed by atoms with E-state index in [-0.39, 0.29) is 0 Å². The van der Waals surface area contributed by atoms with Crippen molar-refractivity contribution in [1.29, 1.82) is 0 Å². The molecule has 4 aromatic carbocycles. The van der Waals surface area contributed by atoms with E-state index >= 15 is 0 Å². The SMILES string of the molecule is O=S(c1ccccc1C(Cl)(Cl)Cc1ccccc1)c1ccccc1C(Cl)(Cl)Cc1ccccc1. The fourth-order valence-corrected chi connectivity index (χ4v) is 6.90. The maximum atomic E-state index is 14.0. The third kappa shape index (κ3) is 5.87. The van der Waals surface area contributed by atoms with Crippen molar-refractivity contribution in [3.8, 4) is 0 Å². The van der Waals surface area contributed by atoms with E-state index in [0.29, 0.717) is 33.8 Å². The van der Waals surface area contributed by atoms with Gasteiger partial charge >= 0.3 is 0 Å². The minimum atomic E-state index is -1.62. The van der Waals surface area contributed by atoms with Crippen LogP contribution in [-0.4, -0.2) is 4.21 Å². The lowest BCUT2D eigenvalue weighted by Gasteiger charge is -2.25. The van der Waals surface area contributed by atoms with Crippen LogP contribution in [0.3, 0.4) is 0 Å². The van der Waals surface area contributed by atoms with E-state index in [0.717, 1.165) is 11.1 Å². The summed E-state index contributed by atoms with van der Waals surface area (Å²) < 4.78 is 11.4. The summed E-state index contributed by atoms with van der Waals surface area (Å²) >= 11 is 27.4. The zero-order valence-corrected chi connectivity index (χ0v) is 22.0. The minimum absolute atomic E-state index is 0.371. The Bertz CT molecular complexity index is 1170. The van der Waals surface area contributed by atoms with Gasteiger partial charge in [0.05, 0.1) is 10.8 Å². The molecule has 0 radical (unpaired) electrons. The molecule has 174 valence electrons. The van der Waals surface area contributed by atoms with Gasteiger partial charge in [-0.3, -0.25) is 0 Å². The molecule has 0 aromatic heterocycles. The number of alkyl halides is 4. The van der Waals surface area contributed by atoms with E-state index in [1.165, 1.54) is 0 Å². The monoisotopic (exact) mass is 546 g/mol. The molecule has 1 nitrogen and oxygen atoms in total. The van der Waals surface area contributed by atoms with Crippen molar-refractivity contribution in [2.24, 2.45) is 0 Å². The predicted octanol–water partition coefficient (Wildman–Crippen LogP) is 8.60. The van der Waals surface area contributed by atoms with Crippen LogP contribution in [0.15, 0.2) is 119 Å². The molecule has 0 fully saturated rings. The first-order valence-corrected chi connectivity index (χ1v) is 13.4. The number of halogens is 4. The van der Waals surface area contributed by atoms with E-state index in [1.54, 1.807) is 12.1 Å². The van der Waals surface area contributed by atoms with E-state index in [2.05, 4.69) is 0 Å². The third-order valence-corrected chi connectivity index (χ3v) is 8.36. The lowest BCUT2D eigenvalue weighted by Crippen LogP contribution is -2.19. The highest BCUT2D eigenvalue weighted by atomic mass is 35.5. The summed E-state index contributed by atoms with van der Waals surface area (Å²) in [5.41, 5.74) is 3.15. The summed E-state index contributed by atoms with van der Waals surface area (Å²) in [7, 11) is -1.62. The first kappa shape index (κ1) is 25.3. The van der Waals surface area contributed by atoms with Gasteiger partial charge in [0, 0.05) is 33.8 Å². The van der Waals surface area contributed by atoms with Gasteiger partial charge in [0.2, 0.25) is 0 Å². The molecular weight excluding hydrogens is 526 g/mol. The Morgan fingerprint density at radius 2 is 0.824 bits per heavy atom. The van der Waals surface area contributed by atoms with Crippen molar-refractivity contribution in [1.82, 2.24) is 0 Å². The molecule has 0 bridgehead atoms. The highest BCUT2D eigenvalue weighted by Crippen LogP contribution is 2.44. The fraction of sp³-hybridized carbons (Fsp3) is 0.143. The zero-order valence-electron chi connectivity index (χ0n) is 18.1. The Morgan fingerprint density at radius 3 is 1.21 bits per heavy atom. The van der Waals surface area contributed by atoms with Crippen LogP contribution in [0.1, 0.15) is 22.3 Å². The molecular formula is C28H22Cl4OS. The zero-order chi connectivity index (χ0) is 24.2. The van der Waals surface area contributed by atoms with E-state index in [4.69, 9.17) is 46.4 Å². The summed E-state index contributed by atoms with van der Waals surface area (Å²) in [6, 6.07) is 34.0. The van der Waals surface area contributed by atoms with E-state index < -0.39 is 19.5 Å². The van der Waals surface area contributed by atoms with Crippen LogP contribution in [0.2, 0.25) is 0 Å². The van der Waals surface area contributed by atoms with Crippen LogP contribution >= 0.6 is 46.4 Å². The molecule has 0 aliphatic rings. The first-order chi connectivity index (χ1) is 16.3. The van der Waals surface area contributed by atoms with Crippen LogP contribution in [0.4, 0.5) is 0 Å². The molecule has 0 aliphatic carbocycles. The second-order valence-electron chi connectivity index (χ2n) is 7.99. The molecule has 0 aliphatic heterocycles. The molecule has 0 saturated carbocycles. The molecule has 0 spiro atoms. The Morgan fingerprint density at radius 1 is 0.500 bits per heavy atom. The Kier molecular flexibility index (Phi) is 8.07. The van der Waals surface area contributed by atoms with Crippen molar-refractivity contribution in [3.05, 3.63) is 131 Å². The van der Waals surface area contributed by atoms with Gasteiger partial charge in [0.15, 0.2) is 0 Å². The van der Waals surface area contributed by atoms with Gasteiger partial charge in [-0.2, -0.15) is 0 Å². The molecule has 34 heavy (non-hydrogen) atoms. The summed E-state index contributed by atoms with van der Waals surface area (Å²) in [5.74, 6) is 0. The topological polar surface area (TPSA) is 17.1 Å². The average Bonchev–Trinajstić information content (AvgIpc) is 2.84. The lowest BCUT2D eigenvalue weighted by molar-refractivity contribution is 0.678. The Balaban J connectivity index is 1.71. The summed E-state index contributed by atoms with van der Waals surface area (Å²) in [5, 5.41) is 0. The summed E-state index contributed by atoms with van der Waals surface area (Å²) in [6.45, 7) is 0. The maximum Gasteiger partial charge on any atom is 0.148 e. The van der Waals surface area contributed by atoms with Crippen LogP contribution < -0.4 is 0 Å². The standard InChI is InChI=1S/C28H22Cl4OS/c29-27(30,19-21-11-3-1-4-12-21)23-15-7-9-17-25(23)34(33)26-18-10-8-16-24(26)28(31,32)20-22-13-5-2-6-14-22/h1-18H,19-20H2. The average molecular weight is 548 g/mol. The van der Waals surface area contributed by atoms with Crippen molar-refractivity contribution >= 4 is 57.2 Å². The van der Waals surface area contributed by atoms with Crippen LogP contribution in [0.5, 0.6) is 0 Å².